The van der Waals surface area contributed by atoms with E-state index in [4.69, 9.17) is 0 Å². The van der Waals surface area contributed by atoms with Crippen LogP contribution < -0.4 is 10.2 Å². The number of fused-ring (bicyclic) bond motifs is 1. The normalized spacial score (nSPS) is 21.8. The molecule has 0 bridgehead atoms. The smallest absolute Gasteiger partial charge is 0.348 e. The van der Waals surface area contributed by atoms with E-state index in [1.807, 2.05) is 11.6 Å². The monoisotopic (exact) mass is 385 g/mol. The van der Waals surface area contributed by atoms with Crippen molar-refractivity contribution in [3.05, 3.63) is 29.3 Å². The van der Waals surface area contributed by atoms with Crippen LogP contribution in [0.15, 0.2) is 17.8 Å². The molecule has 26 heavy (non-hydrogen) atoms. The van der Waals surface area contributed by atoms with Gasteiger partial charge in [0.2, 0.25) is 0 Å². The Balaban J connectivity index is 1.25. The number of piperidine rings is 1. The van der Waals surface area contributed by atoms with E-state index in [2.05, 4.69) is 20.2 Å². The van der Waals surface area contributed by atoms with Gasteiger partial charge in [-0.2, -0.15) is 13.2 Å². The van der Waals surface area contributed by atoms with Crippen LogP contribution in [0.25, 0.3) is 0 Å². The van der Waals surface area contributed by atoms with E-state index in [1.165, 1.54) is 0 Å². The summed E-state index contributed by atoms with van der Waals surface area (Å²) in [5.41, 5.74) is -0.768. The van der Waals surface area contributed by atoms with Crippen LogP contribution in [0.5, 0.6) is 0 Å². The molecule has 0 unspecified atom stereocenters. The Kier molecular flexibility index (Phi) is 4.92. The van der Waals surface area contributed by atoms with Crippen molar-refractivity contribution < 1.29 is 13.2 Å². The van der Waals surface area contributed by atoms with Crippen molar-refractivity contribution in [1.29, 1.82) is 0 Å². The van der Waals surface area contributed by atoms with Crippen molar-refractivity contribution in [2.45, 2.75) is 44.4 Å². The number of halogens is 3. The summed E-state index contributed by atoms with van der Waals surface area (Å²) < 4.78 is 40.1. The zero-order valence-electron chi connectivity index (χ0n) is 14.4. The van der Waals surface area contributed by atoms with Gasteiger partial charge < -0.3 is 14.8 Å². The van der Waals surface area contributed by atoms with Crippen LogP contribution in [-0.2, 0) is 19.1 Å². The SMILES string of the molecule is FC(F)(F)c1cn2c(n1)CC[C@H](CNC1CCN(c3nccs3)CC1)C2. The number of anilines is 1. The number of thiazole rings is 1. The maximum atomic E-state index is 12.8. The molecule has 4 heterocycles. The molecule has 0 saturated carbocycles. The maximum absolute atomic E-state index is 12.8. The van der Waals surface area contributed by atoms with Crippen molar-refractivity contribution in [2.75, 3.05) is 24.5 Å². The highest BCUT2D eigenvalue weighted by molar-refractivity contribution is 7.13. The molecule has 1 atom stereocenters. The predicted octanol–water partition coefficient (Wildman–Crippen LogP) is 3.18. The topological polar surface area (TPSA) is 46.0 Å². The highest BCUT2D eigenvalue weighted by atomic mass is 32.1. The van der Waals surface area contributed by atoms with E-state index in [0.717, 1.165) is 50.2 Å². The molecule has 1 N–H and O–H groups in total. The van der Waals surface area contributed by atoms with E-state index in [-0.39, 0.29) is 0 Å². The molecule has 0 aromatic carbocycles. The second-order valence-electron chi connectivity index (χ2n) is 7.08. The molecule has 0 radical (unpaired) electrons. The summed E-state index contributed by atoms with van der Waals surface area (Å²) in [6.45, 7) is 3.46. The summed E-state index contributed by atoms with van der Waals surface area (Å²) in [4.78, 5) is 10.4. The third-order valence-corrected chi connectivity index (χ3v) is 6.09. The van der Waals surface area contributed by atoms with Crippen molar-refractivity contribution in [1.82, 2.24) is 19.9 Å². The number of aromatic nitrogens is 3. The Morgan fingerprint density at radius 3 is 2.73 bits per heavy atom. The van der Waals surface area contributed by atoms with Crippen LogP contribution in [0.3, 0.4) is 0 Å². The average Bonchev–Trinajstić information content (AvgIpc) is 3.29. The van der Waals surface area contributed by atoms with Crippen LogP contribution >= 0.6 is 11.3 Å². The number of rotatable bonds is 4. The molecule has 4 rings (SSSR count). The Hall–Kier alpha value is -1.61. The largest absolute Gasteiger partial charge is 0.434 e. The Bertz CT molecular complexity index is 719. The fraction of sp³-hybridized carbons (Fsp3) is 0.647. The van der Waals surface area contributed by atoms with Gasteiger partial charge in [0, 0.05) is 49.9 Å². The number of nitrogens with zero attached hydrogens (tertiary/aromatic N) is 4. The first-order valence-corrected chi connectivity index (χ1v) is 9.88. The van der Waals surface area contributed by atoms with E-state index < -0.39 is 11.9 Å². The number of hydrogen-bond acceptors (Lipinski definition) is 5. The van der Waals surface area contributed by atoms with Crippen LogP contribution in [0.2, 0.25) is 0 Å². The summed E-state index contributed by atoms with van der Waals surface area (Å²) in [7, 11) is 0. The van der Waals surface area contributed by atoms with Crippen LogP contribution in [0.1, 0.15) is 30.8 Å². The van der Waals surface area contributed by atoms with E-state index >= 15 is 0 Å². The molecule has 2 aliphatic rings. The molecule has 9 heteroatoms. The molecule has 0 spiro atoms. The fourth-order valence-electron chi connectivity index (χ4n) is 3.80. The lowest BCUT2D eigenvalue weighted by molar-refractivity contribution is -0.141. The number of imidazole rings is 1. The minimum absolute atomic E-state index is 0.356. The van der Waals surface area contributed by atoms with Crippen LogP contribution in [0, 0.1) is 5.92 Å². The first-order valence-electron chi connectivity index (χ1n) is 9.00. The summed E-state index contributed by atoms with van der Waals surface area (Å²) >= 11 is 1.67. The summed E-state index contributed by atoms with van der Waals surface area (Å²) in [5, 5.41) is 6.71. The number of aryl methyl sites for hydroxylation is 1. The third-order valence-electron chi connectivity index (χ3n) is 5.26. The lowest BCUT2D eigenvalue weighted by Crippen LogP contribution is -2.44. The summed E-state index contributed by atoms with van der Waals surface area (Å²) in [6, 6.07) is 0.473. The van der Waals surface area contributed by atoms with Gasteiger partial charge in [-0.3, -0.25) is 0 Å². The van der Waals surface area contributed by atoms with Crippen molar-refractivity contribution in [3.8, 4) is 0 Å². The fourth-order valence-corrected chi connectivity index (χ4v) is 4.49. The van der Waals surface area contributed by atoms with Crippen molar-refractivity contribution in [3.63, 3.8) is 0 Å². The Morgan fingerprint density at radius 2 is 2.04 bits per heavy atom. The standard InChI is InChI=1S/C17H22F3N5S/c18-17(19,20)14-11-25-10-12(1-2-15(25)23-14)9-22-13-3-6-24(7-4-13)16-21-5-8-26-16/h5,8,11-13,22H,1-4,6-7,9-10H2/t12-/m1/s1. The summed E-state index contributed by atoms with van der Waals surface area (Å²) in [5.74, 6) is 0.917. The van der Waals surface area contributed by atoms with Gasteiger partial charge in [-0.05, 0) is 31.7 Å². The van der Waals surface area contributed by atoms with Gasteiger partial charge in [0.1, 0.15) is 5.82 Å². The van der Waals surface area contributed by atoms with Gasteiger partial charge in [-0.1, -0.05) is 0 Å². The number of alkyl halides is 3. The van der Waals surface area contributed by atoms with Gasteiger partial charge in [0.05, 0.1) is 0 Å². The van der Waals surface area contributed by atoms with Crippen LogP contribution in [0.4, 0.5) is 18.3 Å². The van der Waals surface area contributed by atoms with Crippen molar-refractivity contribution in [2.24, 2.45) is 5.92 Å². The van der Waals surface area contributed by atoms with Gasteiger partial charge in [-0.25, -0.2) is 9.97 Å². The zero-order chi connectivity index (χ0) is 18.1. The molecule has 142 valence electrons. The zero-order valence-corrected chi connectivity index (χ0v) is 15.2. The van der Waals surface area contributed by atoms with E-state index in [0.29, 0.717) is 30.7 Å². The quantitative estimate of drug-likeness (QED) is 0.878. The number of nitrogens with one attached hydrogen (secondary N) is 1. The summed E-state index contributed by atoms with van der Waals surface area (Å²) in [6.07, 6.45) is 2.28. The molecule has 2 aromatic rings. The minimum Gasteiger partial charge on any atom is -0.348 e. The Labute approximate surface area is 154 Å². The van der Waals surface area contributed by atoms with Gasteiger partial charge >= 0.3 is 6.18 Å². The number of hydrogen-bond donors (Lipinski definition) is 1. The van der Waals surface area contributed by atoms with Gasteiger partial charge in [0.15, 0.2) is 10.8 Å². The highest BCUT2D eigenvalue weighted by Gasteiger charge is 2.35. The predicted molar refractivity (Wildman–Crippen MR) is 94.4 cm³/mol. The maximum Gasteiger partial charge on any atom is 0.434 e. The van der Waals surface area contributed by atoms with Crippen molar-refractivity contribution >= 4 is 16.5 Å². The molecular formula is C17H22F3N5S. The third kappa shape index (κ3) is 3.88. The molecule has 1 fully saturated rings. The Morgan fingerprint density at radius 1 is 1.23 bits per heavy atom. The van der Waals surface area contributed by atoms with E-state index in [1.54, 1.807) is 15.9 Å². The minimum atomic E-state index is -4.36. The second-order valence-corrected chi connectivity index (χ2v) is 7.95. The molecule has 0 amide bonds. The first kappa shape index (κ1) is 17.8. The highest BCUT2D eigenvalue weighted by Crippen LogP contribution is 2.30. The molecule has 5 nitrogen and oxygen atoms in total. The molecule has 1 saturated heterocycles. The molecular weight excluding hydrogens is 363 g/mol. The molecule has 0 aliphatic carbocycles. The molecule has 2 aromatic heterocycles. The lowest BCUT2D eigenvalue weighted by Gasteiger charge is -2.33. The first-order chi connectivity index (χ1) is 12.5. The van der Waals surface area contributed by atoms with Gasteiger partial charge in [-0.15, -0.1) is 11.3 Å². The van der Waals surface area contributed by atoms with E-state index in [9.17, 15) is 13.2 Å². The average molecular weight is 385 g/mol. The lowest BCUT2D eigenvalue weighted by atomic mass is 9.98. The van der Waals surface area contributed by atoms with Gasteiger partial charge in [0.25, 0.3) is 0 Å². The molecule has 2 aliphatic heterocycles. The van der Waals surface area contributed by atoms with Crippen LogP contribution in [-0.4, -0.2) is 40.2 Å². The second kappa shape index (κ2) is 7.19.